The zero-order chi connectivity index (χ0) is 13.0. The van der Waals surface area contributed by atoms with Crippen molar-refractivity contribution in [2.24, 2.45) is 5.92 Å². The van der Waals surface area contributed by atoms with Crippen LogP contribution in [-0.4, -0.2) is 27.7 Å². The Labute approximate surface area is 104 Å². The van der Waals surface area contributed by atoms with Crippen LogP contribution < -0.4 is 5.32 Å². The van der Waals surface area contributed by atoms with Gasteiger partial charge in [-0.3, -0.25) is 10.1 Å². The first kappa shape index (κ1) is 13.7. The van der Waals surface area contributed by atoms with Gasteiger partial charge in [0.2, 0.25) is 0 Å². The predicted molar refractivity (Wildman–Crippen MR) is 65.2 cm³/mol. The van der Waals surface area contributed by atoms with Gasteiger partial charge in [-0.1, -0.05) is 18.5 Å². The van der Waals surface area contributed by atoms with E-state index in [0.717, 1.165) is 6.20 Å². The molecule has 0 aliphatic carbocycles. The molecule has 0 aliphatic heterocycles. The average molecular weight is 260 g/mol. The quantitative estimate of drug-likeness (QED) is 0.624. The highest BCUT2D eigenvalue weighted by Crippen LogP contribution is 2.25. The molecule has 2 unspecified atom stereocenters. The highest BCUT2D eigenvalue weighted by molar-refractivity contribution is 6.33. The average Bonchev–Trinajstić information content (AvgIpc) is 2.30. The molecule has 1 heterocycles. The molecule has 0 saturated carbocycles. The summed E-state index contributed by atoms with van der Waals surface area (Å²) >= 11 is 5.87. The van der Waals surface area contributed by atoms with Gasteiger partial charge in [0.25, 0.3) is 5.69 Å². The first-order chi connectivity index (χ1) is 7.95. The SMILES string of the molecule is CC(CO)C(C)Nc1ncc([N+](=O)[O-])cc1Cl. The molecule has 0 bridgehead atoms. The number of hydrogen-bond acceptors (Lipinski definition) is 5. The van der Waals surface area contributed by atoms with Crippen LogP contribution in [0, 0.1) is 16.0 Å². The molecule has 17 heavy (non-hydrogen) atoms. The molecule has 94 valence electrons. The minimum Gasteiger partial charge on any atom is -0.396 e. The Morgan fingerprint density at radius 1 is 1.65 bits per heavy atom. The fourth-order valence-corrected chi connectivity index (χ4v) is 1.37. The van der Waals surface area contributed by atoms with Crippen LogP contribution in [0.1, 0.15) is 13.8 Å². The first-order valence-corrected chi connectivity index (χ1v) is 5.50. The van der Waals surface area contributed by atoms with Gasteiger partial charge in [-0.15, -0.1) is 0 Å². The van der Waals surface area contributed by atoms with E-state index in [-0.39, 0.29) is 29.3 Å². The van der Waals surface area contributed by atoms with Gasteiger partial charge in [-0.25, -0.2) is 4.98 Å². The van der Waals surface area contributed by atoms with Crippen LogP contribution >= 0.6 is 11.6 Å². The van der Waals surface area contributed by atoms with Crippen LogP contribution in [0.3, 0.4) is 0 Å². The molecule has 1 aromatic heterocycles. The molecule has 0 fully saturated rings. The van der Waals surface area contributed by atoms with Crippen molar-refractivity contribution >= 4 is 23.1 Å². The summed E-state index contributed by atoms with van der Waals surface area (Å²) in [6, 6.07) is 1.21. The predicted octanol–water partition coefficient (Wildman–Crippen LogP) is 2.07. The molecule has 1 rings (SSSR count). The van der Waals surface area contributed by atoms with E-state index in [0.29, 0.717) is 5.82 Å². The smallest absolute Gasteiger partial charge is 0.289 e. The number of aliphatic hydroxyl groups excluding tert-OH is 1. The normalized spacial score (nSPS) is 14.1. The molecule has 2 N–H and O–H groups in total. The highest BCUT2D eigenvalue weighted by Gasteiger charge is 2.15. The zero-order valence-electron chi connectivity index (χ0n) is 9.55. The van der Waals surface area contributed by atoms with Crippen LogP contribution in [0.4, 0.5) is 11.5 Å². The van der Waals surface area contributed by atoms with E-state index in [9.17, 15) is 10.1 Å². The lowest BCUT2D eigenvalue weighted by atomic mass is 10.1. The van der Waals surface area contributed by atoms with E-state index in [1.807, 2.05) is 13.8 Å². The maximum Gasteiger partial charge on any atom is 0.289 e. The van der Waals surface area contributed by atoms with Crippen molar-refractivity contribution in [1.29, 1.82) is 0 Å². The third-order valence-electron chi connectivity index (χ3n) is 2.54. The molecule has 1 aromatic rings. The molecule has 6 nitrogen and oxygen atoms in total. The number of nitro groups is 1. The van der Waals surface area contributed by atoms with Gasteiger partial charge in [-0.05, 0) is 12.8 Å². The van der Waals surface area contributed by atoms with E-state index in [4.69, 9.17) is 16.7 Å². The fraction of sp³-hybridized carbons (Fsp3) is 0.500. The van der Waals surface area contributed by atoms with Crippen LogP contribution in [0.25, 0.3) is 0 Å². The number of pyridine rings is 1. The van der Waals surface area contributed by atoms with Crippen LogP contribution in [0.5, 0.6) is 0 Å². The molecular weight excluding hydrogens is 246 g/mol. The van der Waals surface area contributed by atoms with Gasteiger partial charge < -0.3 is 10.4 Å². The third kappa shape index (κ3) is 3.54. The molecule has 0 amide bonds. The van der Waals surface area contributed by atoms with Crippen LogP contribution in [0.2, 0.25) is 5.02 Å². The number of halogens is 1. The van der Waals surface area contributed by atoms with Gasteiger partial charge in [-0.2, -0.15) is 0 Å². The lowest BCUT2D eigenvalue weighted by molar-refractivity contribution is -0.385. The molecule has 0 saturated heterocycles. The number of anilines is 1. The number of rotatable bonds is 5. The largest absolute Gasteiger partial charge is 0.396 e. The minimum absolute atomic E-state index is 0.0306. The summed E-state index contributed by atoms with van der Waals surface area (Å²) in [7, 11) is 0. The van der Waals surface area contributed by atoms with Crippen molar-refractivity contribution in [2.45, 2.75) is 19.9 Å². The first-order valence-electron chi connectivity index (χ1n) is 5.13. The Balaban J connectivity index is 2.82. The summed E-state index contributed by atoms with van der Waals surface area (Å²) in [5.41, 5.74) is -0.150. The van der Waals surface area contributed by atoms with E-state index in [2.05, 4.69) is 10.3 Å². The molecule has 0 spiro atoms. The second kappa shape index (κ2) is 5.79. The van der Waals surface area contributed by atoms with Gasteiger partial charge in [0.1, 0.15) is 12.0 Å². The standard InChI is InChI=1S/C10H14ClN3O3/c1-6(5-15)7(2)13-10-9(11)3-8(4-12-10)14(16)17/h3-4,6-7,15H,5H2,1-2H3,(H,12,13). The molecule has 0 radical (unpaired) electrons. The lowest BCUT2D eigenvalue weighted by Gasteiger charge is -2.20. The fourth-order valence-electron chi connectivity index (χ4n) is 1.15. The van der Waals surface area contributed by atoms with E-state index < -0.39 is 4.92 Å². The summed E-state index contributed by atoms with van der Waals surface area (Å²) in [5, 5.41) is 22.7. The molecule has 7 heteroatoms. The maximum absolute atomic E-state index is 10.5. The summed E-state index contributed by atoms with van der Waals surface area (Å²) in [6.07, 6.45) is 1.14. The summed E-state index contributed by atoms with van der Waals surface area (Å²) in [4.78, 5) is 13.8. The molecule has 0 aliphatic rings. The van der Waals surface area contributed by atoms with Crippen molar-refractivity contribution in [3.63, 3.8) is 0 Å². The Kier molecular flexibility index (Phi) is 4.65. The lowest BCUT2D eigenvalue weighted by Crippen LogP contribution is -2.26. The van der Waals surface area contributed by atoms with Gasteiger partial charge in [0.15, 0.2) is 0 Å². The Bertz CT molecular complexity index is 414. The Morgan fingerprint density at radius 3 is 2.76 bits per heavy atom. The monoisotopic (exact) mass is 259 g/mol. The Hall–Kier alpha value is -1.40. The topological polar surface area (TPSA) is 88.3 Å². The van der Waals surface area contributed by atoms with Crippen molar-refractivity contribution < 1.29 is 10.0 Å². The second-order valence-corrected chi connectivity index (χ2v) is 4.28. The van der Waals surface area contributed by atoms with E-state index in [1.54, 1.807) is 0 Å². The highest BCUT2D eigenvalue weighted by atomic mass is 35.5. The van der Waals surface area contributed by atoms with Crippen LogP contribution in [0.15, 0.2) is 12.3 Å². The summed E-state index contributed by atoms with van der Waals surface area (Å²) < 4.78 is 0. The van der Waals surface area contributed by atoms with Crippen molar-refractivity contribution in [3.05, 3.63) is 27.4 Å². The maximum atomic E-state index is 10.5. The number of aliphatic hydroxyl groups is 1. The number of aromatic nitrogens is 1. The zero-order valence-corrected chi connectivity index (χ0v) is 10.3. The van der Waals surface area contributed by atoms with Crippen molar-refractivity contribution in [1.82, 2.24) is 4.98 Å². The van der Waals surface area contributed by atoms with E-state index >= 15 is 0 Å². The third-order valence-corrected chi connectivity index (χ3v) is 2.83. The molecule has 2 atom stereocenters. The number of hydrogen-bond donors (Lipinski definition) is 2. The Morgan fingerprint density at radius 2 is 2.29 bits per heavy atom. The molecule has 0 aromatic carbocycles. The second-order valence-electron chi connectivity index (χ2n) is 3.87. The minimum atomic E-state index is -0.553. The van der Waals surface area contributed by atoms with Gasteiger partial charge in [0.05, 0.1) is 9.95 Å². The van der Waals surface area contributed by atoms with Gasteiger partial charge >= 0.3 is 0 Å². The number of nitrogens with zero attached hydrogens (tertiary/aromatic N) is 2. The van der Waals surface area contributed by atoms with Crippen LogP contribution in [-0.2, 0) is 0 Å². The van der Waals surface area contributed by atoms with Gasteiger partial charge in [0, 0.05) is 18.7 Å². The van der Waals surface area contributed by atoms with E-state index in [1.165, 1.54) is 6.07 Å². The summed E-state index contributed by atoms with van der Waals surface area (Å²) in [5.74, 6) is 0.410. The number of nitrogens with one attached hydrogen (secondary N) is 1. The summed E-state index contributed by atoms with van der Waals surface area (Å²) in [6.45, 7) is 3.79. The van der Waals surface area contributed by atoms with Crippen molar-refractivity contribution in [2.75, 3.05) is 11.9 Å². The molecular formula is C10H14ClN3O3. The van der Waals surface area contributed by atoms with Crippen molar-refractivity contribution in [3.8, 4) is 0 Å².